The second kappa shape index (κ2) is 7.75. The summed E-state index contributed by atoms with van der Waals surface area (Å²) in [6.07, 6.45) is 3.94. The highest BCUT2D eigenvalue weighted by molar-refractivity contribution is 6.33. The first-order valence-corrected chi connectivity index (χ1v) is 7.92. The molecule has 0 bridgehead atoms. The van der Waals surface area contributed by atoms with Crippen LogP contribution in [-0.4, -0.2) is 31.2 Å². The monoisotopic (exact) mass is 297 g/mol. The second-order valence-corrected chi connectivity index (χ2v) is 5.49. The number of hydrogen-bond acceptors (Lipinski definition) is 3. The zero-order valence-electron chi connectivity index (χ0n) is 12.5. The summed E-state index contributed by atoms with van der Waals surface area (Å²) < 4.78 is 11.2. The lowest BCUT2D eigenvalue weighted by Crippen LogP contribution is -2.29. The number of halogens is 1. The van der Waals surface area contributed by atoms with Crippen LogP contribution in [0.3, 0.4) is 0 Å². The minimum atomic E-state index is 0.580. The molecular weight excluding hydrogens is 274 g/mol. The highest BCUT2D eigenvalue weighted by Crippen LogP contribution is 2.36. The van der Waals surface area contributed by atoms with Crippen molar-refractivity contribution in [3.8, 4) is 11.5 Å². The highest BCUT2D eigenvalue weighted by Gasteiger charge is 2.15. The summed E-state index contributed by atoms with van der Waals surface area (Å²) in [5.41, 5.74) is 1.21. The molecule has 0 unspecified atom stereocenters. The van der Waals surface area contributed by atoms with Crippen LogP contribution >= 0.6 is 11.6 Å². The van der Waals surface area contributed by atoms with Gasteiger partial charge in [-0.2, -0.15) is 0 Å². The Bertz CT molecular complexity index is 403. The first-order chi connectivity index (χ1) is 9.74. The molecule has 2 rings (SSSR count). The Kier molecular flexibility index (Phi) is 5.99. The summed E-state index contributed by atoms with van der Waals surface area (Å²) in [7, 11) is 0. The molecule has 4 heteroatoms. The molecule has 1 aliphatic heterocycles. The molecule has 0 spiro atoms. The van der Waals surface area contributed by atoms with Gasteiger partial charge in [0.1, 0.15) is 16.5 Å². The predicted octanol–water partition coefficient (Wildman–Crippen LogP) is 4.12. The van der Waals surface area contributed by atoms with E-state index < -0.39 is 0 Å². The summed E-state index contributed by atoms with van der Waals surface area (Å²) in [5, 5.41) is 0.580. The van der Waals surface area contributed by atoms with E-state index in [1.165, 1.54) is 37.9 Å². The molecule has 112 valence electrons. The number of benzene rings is 1. The van der Waals surface area contributed by atoms with Crippen LogP contribution in [0, 0.1) is 0 Å². The summed E-state index contributed by atoms with van der Waals surface area (Å²) >= 11 is 6.32. The fourth-order valence-corrected chi connectivity index (χ4v) is 2.83. The van der Waals surface area contributed by atoms with Gasteiger partial charge in [0.2, 0.25) is 0 Å². The molecule has 1 aromatic carbocycles. The van der Waals surface area contributed by atoms with Crippen molar-refractivity contribution in [1.82, 2.24) is 4.90 Å². The molecule has 0 N–H and O–H groups in total. The molecular formula is C16H24ClNO2. The van der Waals surface area contributed by atoms with E-state index in [0.717, 1.165) is 18.0 Å². The average Bonchev–Trinajstić information content (AvgIpc) is 2.45. The fourth-order valence-electron chi connectivity index (χ4n) is 2.61. The molecule has 0 atom stereocenters. The smallest absolute Gasteiger partial charge is 0.141 e. The van der Waals surface area contributed by atoms with Crippen molar-refractivity contribution in [2.75, 3.05) is 26.3 Å². The summed E-state index contributed by atoms with van der Waals surface area (Å²) in [6.45, 7) is 8.45. The SMILES string of the molecule is CCOc1cc(CN2CCCCC2)cc(OCC)c1Cl. The molecule has 0 radical (unpaired) electrons. The number of nitrogens with zero attached hydrogens (tertiary/aromatic N) is 1. The Hall–Kier alpha value is -0.930. The second-order valence-electron chi connectivity index (χ2n) is 5.11. The first kappa shape index (κ1) is 15.5. The third-order valence-electron chi connectivity index (χ3n) is 3.52. The average molecular weight is 298 g/mol. The lowest BCUT2D eigenvalue weighted by Gasteiger charge is -2.27. The van der Waals surface area contributed by atoms with Crippen LogP contribution in [0.25, 0.3) is 0 Å². The lowest BCUT2D eigenvalue weighted by atomic mass is 10.1. The zero-order valence-corrected chi connectivity index (χ0v) is 13.2. The van der Waals surface area contributed by atoms with E-state index >= 15 is 0 Å². The van der Waals surface area contributed by atoms with Crippen LogP contribution in [0.1, 0.15) is 38.7 Å². The molecule has 1 saturated heterocycles. The van der Waals surface area contributed by atoms with Crippen molar-refractivity contribution in [2.45, 2.75) is 39.7 Å². The van der Waals surface area contributed by atoms with Crippen molar-refractivity contribution >= 4 is 11.6 Å². The molecule has 1 fully saturated rings. The van der Waals surface area contributed by atoms with Crippen molar-refractivity contribution in [1.29, 1.82) is 0 Å². The summed E-state index contributed by atoms with van der Waals surface area (Å²) in [5.74, 6) is 1.46. The maximum absolute atomic E-state index is 6.32. The Balaban J connectivity index is 2.17. The van der Waals surface area contributed by atoms with Gasteiger partial charge >= 0.3 is 0 Å². The number of hydrogen-bond donors (Lipinski definition) is 0. The predicted molar refractivity (Wildman–Crippen MR) is 82.9 cm³/mol. The number of likely N-dealkylation sites (tertiary alicyclic amines) is 1. The molecule has 0 amide bonds. The van der Waals surface area contributed by atoms with E-state index in [4.69, 9.17) is 21.1 Å². The Morgan fingerprint density at radius 2 is 1.55 bits per heavy atom. The molecule has 3 nitrogen and oxygen atoms in total. The summed E-state index contributed by atoms with van der Waals surface area (Å²) in [4.78, 5) is 2.48. The quantitative estimate of drug-likeness (QED) is 0.788. The first-order valence-electron chi connectivity index (χ1n) is 7.55. The molecule has 0 aliphatic carbocycles. The Morgan fingerprint density at radius 3 is 2.05 bits per heavy atom. The maximum Gasteiger partial charge on any atom is 0.141 e. The van der Waals surface area contributed by atoms with E-state index in [0.29, 0.717) is 18.2 Å². The minimum absolute atomic E-state index is 0.580. The van der Waals surface area contributed by atoms with Crippen molar-refractivity contribution in [3.63, 3.8) is 0 Å². The third kappa shape index (κ3) is 4.03. The van der Waals surface area contributed by atoms with E-state index in [9.17, 15) is 0 Å². The van der Waals surface area contributed by atoms with E-state index in [1.54, 1.807) is 0 Å². The van der Waals surface area contributed by atoms with E-state index in [1.807, 2.05) is 26.0 Å². The highest BCUT2D eigenvalue weighted by atomic mass is 35.5. The van der Waals surface area contributed by atoms with Gasteiger partial charge in [0.25, 0.3) is 0 Å². The van der Waals surface area contributed by atoms with Crippen molar-refractivity contribution in [3.05, 3.63) is 22.7 Å². The molecule has 1 aromatic rings. The molecule has 20 heavy (non-hydrogen) atoms. The van der Waals surface area contributed by atoms with Crippen LogP contribution in [0.2, 0.25) is 5.02 Å². The number of piperidine rings is 1. The van der Waals surface area contributed by atoms with Gasteiger partial charge in [0, 0.05) is 6.54 Å². The number of rotatable bonds is 6. The van der Waals surface area contributed by atoms with Gasteiger partial charge in [-0.25, -0.2) is 0 Å². The normalized spacial score (nSPS) is 16.1. The Labute approximate surface area is 126 Å². The standard InChI is InChI=1S/C16H24ClNO2/c1-3-19-14-10-13(11-15(16(14)17)20-4-2)12-18-8-6-5-7-9-18/h10-11H,3-9,12H2,1-2H3. The van der Waals surface area contributed by atoms with Gasteiger partial charge in [-0.15, -0.1) is 0 Å². The van der Waals surface area contributed by atoms with E-state index in [-0.39, 0.29) is 0 Å². The van der Waals surface area contributed by atoms with Crippen LogP contribution in [0.5, 0.6) is 11.5 Å². The maximum atomic E-state index is 6.32. The molecule has 0 aromatic heterocycles. The van der Waals surface area contributed by atoms with Gasteiger partial charge < -0.3 is 9.47 Å². The lowest BCUT2D eigenvalue weighted by molar-refractivity contribution is 0.220. The number of ether oxygens (including phenoxy) is 2. The van der Waals surface area contributed by atoms with Crippen molar-refractivity contribution in [2.24, 2.45) is 0 Å². The van der Waals surface area contributed by atoms with Crippen LogP contribution in [0.15, 0.2) is 12.1 Å². The van der Waals surface area contributed by atoms with Gasteiger partial charge in [-0.05, 0) is 57.5 Å². The minimum Gasteiger partial charge on any atom is -0.492 e. The van der Waals surface area contributed by atoms with Crippen LogP contribution in [0.4, 0.5) is 0 Å². The zero-order chi connectivity index (χ0) is 14.4. The largest absolute Gasteiger partial charge is 0.492 e. The topological polar surface area (TPSA) is 21.7 Å². The van der Waals surface area contributed by atoms with Crippen LogP contribution < -0.4 is 9.47 Å². The van der Waals surface area contributed by atoms with Gasteiger partial charge in [-0.3, -0.25) is 4.90 Å². The summed E-state index contributed by atoms with van der Waals surface area (Å²) in [6, 6.07) is 4.09. The Morgan fingerprint density at radius 1 is 1.00 bits per heavy atom. The fraction of sp³-hybridized carbons (Fsp3) is 0.625. The van der Waals surface area contributed by atoms with Gasteiger partial charge in [0.15, 0.2) is 0 Å². The van der Waals surface area contributed by atoms with Gasteiger partial charge in [0.05, 0.1) is 13.2 Å². The molecule has 1 aliphatic rings. The van der Waals surface area contributed by atoms with Crippen LogP contribution in [-0.2, 0) is 6.54 Å². The van der Waals surface area contributed by atoms with Gasteiger partial charge in [-0.1, -0.05) is 18.0 Å². The molecule has 0 saturated carbocycles. The third-order valence-corrected chi connectivity index (χ3v) is 3.89. The molecule has 1 heterocycles. The van der Waals surface area contributed by atoms with E-state index in [2.05, 4.69) is 4.90 Å². The van der Waals surface area contributed by atoms with Crippen molar-refractivity contribution < 1.29 is 9.47 Å².